The predicted molar refractivity (Wildman–Crippen MR) is 102 cm³/mol. The van der Waals surface area contributed by atoms with Crippen molar-refractivity contribution in [2.24, 2.45) is 0 Å². The lowest BCUT2D eigenvalue weighted by molar-refractivity contribution is 0.0700. The maximum Gasteiger partial charge on any atom is 0.276 e. The van der Waals surface area contributed by atoms with E-state index >= 15 is 0 Å². The number of benzene rings is 1. The molecule has 0 spiro atoms. The molecule has 3 aromatic rings. The molecule has 0 saturated carbocycles. The molecule has 4 rings (SSSR count). The van der Waals surface area contributed by atoms with Gasteiger partial charge in [-0.3, -0.25) is 9.69 Å². The van der Waals surface area contributed by atoms with Gasteiger partial charge in [-0.2, -0.15) is 0 Å². The quantitative estimate of drug-likeness (QED) is 0.675. The van der Waals surface area contributed by atoms with Crippen molar-refractivity contribution in [3.8, 4) is 0 Å². The van der Waals surface area contributed by atoms with Crippen LogP contribution < -0.4 is 0 Å². The Morgan fingerprint density at radius 2 is 2.04 bits per heavy atom. The second-order valence-electron chi connectivity index (χ2n) is 7.07. The van der Waals surface area contributed by atoms with Crippen molar-refractivity contribution in [2.75, 3.05) is 20.1 Å². The number of likely N-dealkylation sites (N-methyl/N-ethyl adjacent to an activating group) is 1. The van der Waals surface area contributed by atoms with Crippen LogP contribution in [-0.2, 0) is 26.1 Å². The topological polar surface area (TPSA) is 54.5 Å². The monoisotopic (exact) mass is 364 g/mol. The molecule has 0 fully saturated rings. The second-order valence-corrected chi connectivity index (χ2v) is 7.07. The van der Waals surface area contributed by atoms with Gasteiger partial charge in [0.1, 0.15) is 0 Å². The molecule has 6 nitrogen and oxygen atoms in total. The normalized spacial score (nSPS) is 13.8. The highest BCUT2D eigenvalue weighted by Crippen LogP contribution is 2.16. The lowest BCUT2D eigenvalue weighted by atomic mass is 10.1. The van der Waals surface area contributed by atoms with Crippen molar-refractivity contribution in [3.05, 3.63) is 77.4 Å². The number of carbonyl (C=O) groups is 1. The van der Waals surface area contributed by atoms with Crippen LogP contribution in [0.4, 0.5) is 0 Å². The largest absolute Gasteiger partial charge is 0.359 e. The molecule has 0 saturated heterocycles. The Bertz CT molecular complexity index is 900. The van der Waals surface area contributed by atoms with Crippen molar-refractivity contribution >= 4 is 5.91 Å². The maximum atomic E-state index is 12.7. The summed E-state index contributed by atoms with van der Waals surface area (Å²) >= 11 is 0. The minimum Gasteiger partial charge on any atom is -0.359 e. The highest BCUT2D eigenvalue weighted by atomic mass is 16.5. The van der Waals surface area contributed by atoms with Gasteiger partial charge in [-0.1, -0.05) is 35.5 Å². The first kappa shape index (κ1) is 17.5. The highest BCUT2D eigenvalue weighted by molar-refractivity contribution is 5.92. The van der Waals surface area contributed by atoms with E-state index in [0.717, 1.165) is 25.2 Å². The summed E-state index contributed by atoms with van der Waals surface area (Å²) in [6.07, 6.45) is 3.03. The molecule has 0 bridgehead atoms. The molecule has 1 aliphatic rings. The number of nitrogens with zero attached hydrogens (tertiary/aromatic N) is 4. The molecular weight excluding hydrogens is 340 g/mol. The first-order valence-electron chi connectivity index (χ1n) is 9.30. The van der Waals surface area contributed by atoms with E-state index in [0.29, 0.717) is 31.1 Å². The molecule has 0 atom stereocenters. The van der Waals surface area contributed by atoms with Gasteiger partial charge in [0.05, 0.1) is 13.1 Å². The van der Waals surface area contributed by atoms with Crippen LogP contribution in [0.1, 0.15) is 27.5 Å². The van der Waals surface area contributed by atoms with Crippen LogP contribution in [0.3, 0.4) is 0 Å². The van der Waals surface area contributed by atoms with Crippen LogP contribution in [0.15, 0.2) is 59.3 Å². The average molecular weight is 364 g/mol. The summed E-state index contributed by atoms with van der Waals surface area (Å²) in [6, 6.07) is 16.2. The number of amides is 1. The fourth-order valence-electron chi connectivity index (χ4n) is 3.45. The third-order valence-corrected chi connectivity index (χ3v) is 5.00. The van der Waals surface area contributed by atoms with Gasteiger partial charge in [-0.15, -0.1) is 0 Å². The van der Waals surface area contributed by atoms with Gasteiger partial charge in [0, 0.05) is 37.6 Å². The van der Waals surface area contributed by atoms with E-state index in [1.54, 1.807) is 6.07 Å². The van der Waals surface area contributed by atoms with Gasteiger partial charge in [0.25, 0.3) is 5.91 Å². The van der Waals surface area contributed by atoms with Crippen LogP contribution >= 0.6 is 0 Å². The molecule has 0 unspecified atom stereocenters. The minimum atomic E-state index is -0.0654. The van der Waals surface area contributed by atoms with Gasteiger partial charge in [-0.25, -0.2) is 0 Å². The zero-order valence-corrected chi connectivity index (χ0v) is 15.5. The molecule has 27 heavy (non-hydrogen) atoms. The van der Waals surface area contributed by atoms with Gasteiger partial charge in [0.15, 0.2) is 11.5 Å². The van der Waals surface area contributed by atoms with Gasteiger partial charge >= 0.3 is 0 Å². The fourth-order valence-corrected chi connectivity index (χ4v) is 3.45. The molecule has 2 aromatic heterocycles. The van der Waals surface area contributed by atoms with Crippen molar-refractivity contribution < 1.29 is 9.32 Å². The molecule has 1 aromatic carbocycles. The van der Waals surface area contributed by atoms with Crippen molar-refractivity contribution in [2.45, 2.75) is 26.1 Å². The Labute approximate surface area is 159 Å². The van der Waals surface area contributed by atoms with E-state index in [1.165, 1.54) is 5.56 Å². The first-order chi connectivity index (χ1) is 13.2. The summed E-state index contributed by atoms with van der Waals surface area (Å²) < 4.78 is 7.59. The van der Waals surface area contributed by atoms with E-state index in [-0.39, 0.29) is 5.91 Å². The number of hydrogen-bond donors (Lipinski definition) is 0. The maximum absolute atomic E-state index is 12.7. The number of aromatic nitrogens is 2. The molecule has 0 N–H and O–H groups in total. The predicted octanol–water partition coefficient (Wildman–Crippen LogP) is 2.81. The van der Waals surface area contributed by atoms with Gasteiger partial charge in [-0.05, 0) is 31.2 Å². The number of hydrogen-bond acceptors (Lipinski definition) is 4. The second kappa shape index (κ2) is 7.80. The smallest absolute Gasteiger partial charge is 0.276 e. The summed E-state index contributed by atoms with van der Waals surface area (Å²) in [5, 5.41) is 4.01. The number of fused-ring (bicyclic) bond motifs is 1. The van der Waals surface area contributed by atoms with Crippen LogP contribution in [-0.4, -0.2) is 45.6 Å². The summed E-state index contributed by atoms with van der Waals surface area (Å²) in [7, 11) is 2.05. The molecule has 1 amide bonds. The summed E-state index contributed by atoms with van der Waals surface area (Å²) in [6.45, 7) is 3.68. The molecule has 1 aliphatic heterocycles. The lowest BCUT2D eigenvalue weighted by Gasteiger charge is -2.27. The number of rotatable bonds is 6. The van der Waals surface area contributed by atoms with Crippen LogP contribution in [0, 0.1) is 0 Å². The Morgan fingerprint density at radius 3 is 2.89 bits per heavy atom. The Balaban J connectivity index is 1.32. The average Bonchev–Trinajstić information content (AvgIpc) is 3.35. The van der Waals surface area contributed by atoms with E-state index < -0.39 is 0 Å². The standard InChI is InChI=1S/C21H24N4O2/c1-23(11-9-17-6-3-2-4-7-17)16-19-14-20(22-27-19)21(26)25-13-12-24-10-5-8-18(24)15-25/h2-8,10,14H,9,11-13,15-16H2,1H3. The van der Waals surface area contributed by atoms with Crippen molar-refractivity contribution in [3.63, 3.8) is 0 Å². The fraction of sp³-hybridized carbons (Fsp3) is 0.333. The summed E-state index contributed by atoms with van der Waals surface area (Å²) in [5.74, 6) is 0.652. The Morgan fingerprint density at radius 1 is 1.19 bits per heavy atom. The van der Waals surface area contributed by atoms with E-state index in [2.05, 4.69) is 51.2 Å². The Kier molecular flexibility index (Phi) is 5.07. The molecular formula is C21H24N4O2. The van der Waals surface area contributed by atoms with Crippen LogP contribution in [0.2, 0.25) is 0 Å². The Hall–Kier alpha value is -2.86. The molecule has 6 heteroatoms. The highest BCUT2D eigenvalue weighted by Gasteiger charge is 2.24. The van der Waals surface area contributed by atoms with E-state index in [4.69, 9.17) is 4.52 Å². The zero-order chi connectivity index (χ0) is 18.6. The van der Waals surface area contributed by atoms with Crippen molar-refractivity contribution in [1.82, 2.24) is 19.5 Å². The summed E-state index contributed by atoms with van der Waals surface area (Å²) in [4.78, 5) is 16.7. The third kappa shape index (κ3) is 4.11. The van der Waals surface area contributed by atoms with Gasteiger partial charge < -0.3 is 14.0 Å². The minimum absolute atomic E-state index is 0.0654. The van der Waals surface area contributed by atoms with Gasteiger partial charge in [0.2, 0.25) is 0 Å². The number of carbonyl (C=O) groups excluding carboxylic acids is 1. The molecule has 140 valence electrons. The third-order valence-electron chi connectivity index (χ3n) is 5.00. The van der Waals surface area contributed by atoms with Crippen molar-refractivity contribution in [1.29, 1.82) is 0 Å². The molecule has 3 heterocycles. The molecule has 0 radical (unpaired) electrons. The van der Waals surface area contributed by atoms with Crippen LogP contribution in [0.5, 0.6) is 0 Å². The molecule has 0 aliphatic carbocycles. The lowest BCUT2D eigenvalue weighted by Crippen LogP contribution is -2.38. The zero-order valence-electron chi connectivity index (χ0n) is 15.5. The van der Waals surface area contributed by atoms with E-state index in [1.807, 2.05) is 24.1 Å². The SMILES string of the molecule is CN(CCc1ccccc1)Cc1cc(C(=O)N2CCn3cccc3C2)no1. The summed E-state index contributed by atoms with van der Waals surface area (Å²) in [5.41, 5.74) is 2.85. The van der Waals surface area contributed by atoms with E-state index in [9.17, 15) is 4.79 Å². The first-order valence-corrected chi connectivity index (χ1v) is 9.30. The van der Waals surface area contributed by atoms with Crippen LogP contribution in [0.25, 0.3) is 0 Å².